The van der Waals surface area contributed by atoms with Crippen LogP contribution < -0.4 is 0 Å². The largest absolute Gasteiger partial charge is 0.224 e. The van der Waals surface area contributed by atoms with Crippen molar-refractivity contribution in [2.24, 2.45) is 0 Å². The summed E-state index contributed by atoms with van der Waals surface area (Å²) in [5.41, 5.74) is 3.50. The van der Waals surface area contributed by atoms with E-state index < -0.39 is 9.84 Å². The Hall–Kier alpha value is -0.830. The SMILES string of the molecule is Cc1cc(S(C)(=O)=O)cc(C(C)C)c1C(C)(C)C. The van der Waals surface area contributed by atoms with E-state index in [1.54, 1.807) is 6.07 Å². The third-order valence-corrected chi connectivity index (χ3v) is 4.23. The number of rotatable bonds is 2. The molecule has 1 rings (SSSR count). The highest BCUT2D eigenvalue weighted by molar-refractivity contribution is 7.90. The fraction of sp³-hybridized carbons (Fsp3) is 0.600. The quantitative estimate of drug-likeness (QED) is 0.817. The third-order valence-electron chi connectivity index (χ3n) is 3.14. The monoisotopic (exact) mass is 268 g/mol. The Morgan fingerprint density at radius 3 is 1.94 bits per heavy atom. The Morgan fingerprint density at radius 1 is 1.11 bits per heavy atom. The predicted octanol–water partition coefficient (Wildman–Crippen LogP) is 3.82. The molecule has 0 saturated carbocycles. The van der Waals surface area contributed by atoms with Crippen LogP contribution in [0.25, 0.3) is 0 Å². The minimum absolute atomic E-state index is 0.0275. The number of hydrogen-bond donors (Lipinski definition) is 0. The molecule has 0 heterocycles. The van der Waals surface area contributed by atoms with E-state index in [-0.39, 0.29) is 5.41 Å². The molecule has 2 nitrogen and oxygen atoms in total. The summed E-state index contributed by atoms with van der Waals surface area (Å²) in [6, 6.07) is 3.63. The van der Waals surface area contributed by atoms with Crippen LogP contribution >= 0.6 is 0 Å². The summed E-state index contributed by atoms with van der Waals surface area (Å²) in [4.78, 5) is 0.427. The van der Waals surface area contributed by atoms with Crippen molar-refractivity contribution in [2.75, 3.05) is 6.26 Å². The van der Waals surface area contributed by atoms with Crippen molar-refractivity contribution in [3.63, 3.8) is 0 Å². The molecule has 0 spiro atoms. The van der Waals surface area contributed by atoms with Gasteiger partial charge in [0.05, 0.1) is 4.90 Å². The lowest BCUT2D eigenvalue weighted by Gasteiger charge is -2.27. The van der Waals surface area contributed by atoms with Crippen LogP contribution in [-0.2, 0) is 15.3 Å². The van der Waals surface area contributed by atoms with Crippen molar-refractivity contribution in [2.45, 2.75) is 57.8 Å². The molecule has 3 heteroatoms. The highest BCUT2D eigenvalue weighted by Crippen LogP contribution is 2.35. The van der Waals surface area contributed by atoms with E-state index in [4.69, 9.17) is 0 Å². The van der Waals surface area contributed by atoms with Crippen LogP contribution in [0.1, 0.15) is 57.2 Å². The average Bonchev–Trinajstić information content (AvgIpc) is 2.12. The van der Waals surface area contributed by atoms with Gasteiger partial charge in [-0.2, -0.15) is 0 Å². The fourth-order valence-electron chi connectivity index (χ4n) is 2.47. The average molecular weight is 268 g/mol. The van der Waals surface area contributed by atoms with E-state index in [0.29, 0.717) is 10.8 Å². The molecular formula is C15H24O2S. The predicted molar refractivity (Wildman–Crippen MR) is 77.1 cm³/mol. The number of hydrogen-bond acceptors (Lipinski definition) is 2. The fourth-order valence-corrected chi connectivity index (χ4v) is 3.21. The van der Waals surface area contributed by atoms with Gasteiger partial charge in [-0.25, -0.2) is 8.42 Å². The number of aryl methyl sites for hydroxylation is 1. The summed E-state index contributed by atoms with van der Waals surface area (Å²) in [7, 11) is -3.14. The van der Waals surface area contributed by atoms with E-state index >= 15 is 0 Å². The molecule has 0 aliphatic heterocycles. The van der Waals surface area contributed by atoms with E-state index in [1.807, 2.05) is 13.0 Å². The van der Waals surface area contributed by atoms with Crippen LogP contribution in [-0.4, -0.2) is 14.7 Å². The summed E-state index contributed by atoms with van der Waals surface area (Å²) in [6.45, 7) is 12.7. The van der Waals surface area contributed by atoms with Crippen molar-refractivity contribution in [3.8, 4) is 0 Å². The summed E-state index contributed by atoms with van der Waals surface area (Å²) < 4.78 is 23.4. The van der Waals surface area contributed by atoms with Gasteiger partial charge in [-0.3, -0.25) is 0 Å². The minimum atomic E-state index is -3.14. The molecule has 0 aromatic heterocycles. The summed E-state index contributed by atoms with van der Waals surface area (Å²) in [5, 5.41) is 0. The highest BCUT2D eigenvalue weighted by Gasteiger charge is 2.24. The summed E-state index contributed by atoms with van der Waals surface area (Å²) in [5.74, 6) is 0.319. The molecular weight excluding hydrogens is 244 g/mol. The van der Waals surface area contributed by atoms with Crippen LogP contribution in [0.15, 0.2) is 17.0 Å². The first kappa shape index (κ1) is 15.2. The molecule has 18 heavy (non-hydrogen) atoms. The molecule has 0 saturated heterocycles. The first-order valence-corrected chi connectivity index (χ1v) is 8.19. The Labute approximate surface area is 111 Å². The van der Waals surface area contributed by atoms with Crippen LogP contribution in [0.3, 0.4) is 0 Å². The van der Waals surface area contributed by atoms with Gasteiger partial charge in [0.15, 0.2) is 9.84 Å². The van der Waals surface area contributed by atoms with Crippen LogP contribution in [0.5, 0.6) is 0 Å². The van der Waals surface area contributed by atoms with Crippen molar-refractivity contribution in [3.05, 3.63) is 28.8 Å². The van der Waals surface area contributed by atoms with Gasteiger partial charge in [0.25, 0.3) is 0 Å². The zero-order valence-electron chi connectivity index (χ0n) is 12.5. The lowest BCUT2D eigenvalue weighted by Crippen LogP contribution is -2.18. The maximum atomic E-state index is 11.7. The van der Waals surface area contributed by atoms with E-state index in [1.165, 1.54) is 11.8 Å². The van der Waals surface area contributed by atoms with Crippen LogP contribution in [0.4, 0.5) is 0 Å². The van der Waals surface area contributed by atoms with Gasteiger partial charge in [-0.1, -0.05) is 34.6 Å². The second kappa shape index (κ2) is 4.69. The molecule has 0 amide bonds. The maximum Gasteiger partial charge on any atom is 0.175 e. The Morgan fingerprint density at radius 2 is 1.61 bits per heavy atom. The van der Waals surface area contributed by atoms with Gasteiger partial charge >= 0.3 is 0 Å². The van der Waals surface area contributed by atoms with Gasteiger partial charge in [0.2, 0.25) is 0 Å². The molecule has 0 bridgehead atoms. The standard InChI is InChI=1S/C15H24O2S/c1-10(2)13-9-12(18(7,16)17)8-11(3)14(13)15(4,5)6/h8-10H,1-7H3. The van der Waals surface area contributed by atoms with Crippen LogP contribution in [0.2, 0.25) is 0 Å². The summed E-state index contributed by atoms with van der Waals surface area (Å²) in [6.07, 6.45) is 1.27. The molecule has 1 aromatic rings. The molecule has 0 unspecified atom stereocenters. The molecule has 0 radical (unpaired) electrons. The van der Waals surface area contributed by atoms with Crippen LogP contribution in [0, 0.1) is 6.92 Å². The Balaban J connectivity index is 3.67. The second-order valence-electron chi connectivity index (χ2n) is 6.38. The molecule has 0 fully saturated rings. The van der Waals surface area contributed by atoms with Gasteiger partial charge < -0.3 is 0 Å². The van der Waals surface area contributed by atoms with Crippen molar-refractivity contribution >= 4 is 9.84 Å². The highest BCUT2D eigenvalue weighted by atomic mass is 32.2. The molecule has 0 N–H and O–H groups in total. The smallest absolute Gasteiger partial charge is 0.175 e. The first-order valence-electron chi connectivity index (χ1n) is 6.29. The molecule has 0 aliphatic carbocycles. The van der Waals surface area contributed by atoms with Gasteiger partial charge in [0, 0.05) is 6.26 Å². The molecule has 0 atom stereocenters. The number of sulfone groups is 1. The number of benzene rings is 1. The van der Waals surface area contributed by atoms with E-state index in [0.717, 1.165) is 11.1 Å². The van der Waals surface area contributed by atoms with Crippen molar-refractivity contribution in [1.29, 1.82) is 0 Å². The Bertz CT molecular complexity index is 547. The van der Waals surface area contributed by atoms with E-state index in [9.17, 15) is 8.42 Å². The van der Waals surface area contributed by atoms with Gasteiger partial charge in [-0.05, 0) is 47.1 Å². The third kappa shape index (κ3) is 3.14. The second-order valence-corrected chi connectivity index (χ2v) is 8.40. The zero-order valence-corrected chi connectivity index (χ0v) is 13.3. The zero-order chi connectivity index (χ0) is 14.3. The van der Waals surface area contributed by atoms with Crippen molar-refractivity contribution < 1.29 is 8.42 Å². The molecule has 1 aromatic carbocycles. The van der Waals surface area contributed by atoms with Gasteiger partial charge in [-0.15, -0.1) is 0 Å². The topological polar surface area (TPSA) is 34.1 Å². The lowest BCUT2D eigenvalue weighted by atomic mass is 9.78. The maximum absolute atomic E-state index is 11.7. The van der Waals surface area contributed by atoms with Gasteiger partial charge in [0.1, 0.15) is 0 Å². The lowest BCUT2D eigenvalue weighted by molar-refractivity contribution is 0.570. The molecule has 0 aliphatic rings. The summed E-state index contributed by atoms with van der Waals surface area (Å²) >= 11 is 0. The van der Waals surface area contributed by atoms with Crippen molar-refractivity contribution in [1.82, 2.24) is 0 Å². The molecule has 102 valence electrons. The van der Waals surface area contributed by atoms with E-state index in [2.05, 4.69) is 34.6 Å². The normalized spacial score (nSPS) is 13.1. The Kier molecular flexibility index (Phi) is 3.97. The first-order chi connectivity index (χ1) is 7.94. The minimum Gasteiger partial charge on any atom is -0.224 e.